The van der Waals surface area contributed by atoms with Crippen LogP contribution in [0.15, 0.2) is 18.2 Å². The molecule has 0 saturated heterocycles. The summed E-state index contributed by atoms with van der Waals surface area (Å²) in [4.78, 5) is 0. The lowest BCUT2D eigenvalue weighted by Crippen LogP contribution is -1.84. The number of hydrogen-bond acceptors (Lipinski definition) is 1. The fourth-order valence-corrected chi connectivity index (χ4v) is 1.58. The number of phenols is 1. The molecule has 0 radical (unpaired) electrons. The van der Waals surface area contributed by atoms with E-state index in [0.717, 1.165) is 18.4 Å². The van der Waals surface area contributed by atoms with Crippen LogP contribution in [0.25, 0.3) is 0 Å². The van der Waals surface area contributed by atoms with Gasteiger partial charge in [0.2, 0.25) is 0 Å². The van der Waals surface area contributed by atoms with Gasteiger partial charge in [0.25, 0.3) is 0 Å². The first-order valence-electron chi connectivity index (χ1n) is 3.71. The summed E-state index contributed by atoms with van der Waals surface area (Å²) in [6.07, 6.45) is 2.04. The van der Waals surface area contributed by atoms with Gasteiger partial charge in [0.1, 0.15) is 5.75 Å². The predicted molar refractivity (Wildman–Crippen MR) is 54.8 cm³/mol. The minimum atomic E-state index is 0.423. The fourth-order valence-electron chi connectivity index (χ4n) is 1.02. The van der Waals surface area contributed by atoms with Crippen molar-refractivity contribution in [2.75, 3.05) is 0 Å². The molecule has 0 fully saturated rings. The maximum atomic E-state index is 9.36. The van der Waals surface area contributed by atoms with Crippen LogP contribution in [0.4, 0.5) is 0 Å². The van der Waals surface area contributed by atoms with Gasteiger partial charge < -0.3 is 5.11 Å². The molecule has 0 aromatic heterocycles. The van der Waals surface area contributed by atoms with Crippen molar-refractivity contribution in [1.29, 1.82) is 0 Å². The van der Waals surface area contributed by atoms with E-state index in [2.05, 4.69) is 29.5 Å². The molecule has 11 heavy (non-hydrogen) atoms. The smallest absolute Gasteiger partial charge is 0.118 e. The molecule has 0 spiro atoms. The molecule has 0 aliphatic carbocycles. The zero-order valence-corrected chi connectivity index (χ0v) is 8.63. The summed E-state index contributed by atoms with van der Waals surface area (Å²) in [6.45, 7) is 2.11. The van der Waals surface area contributed by atoms with E-state index in [1.807, 2.05) is 12.1 Å². The molecular formula is C9H11IO. The van der Waals surface area contributed by atoms with Crippen molar-refractivity contribution in [1.82, 2.24) is 0 Å². The van der Waals surface area contributed by atoms with E-state index in [9.17, 15) is 5.11 Å². The highest BCUT2D eigenvalue weighted by atomic mass is 127. The predicted octanol–water partition coefficient (Wildman–Crippen LogP) is 2.95. The Balaban J connectivity index is 2.93. The standard InChI is InChI=1S/C9H11IO/c1-2-3-7-6-8(10)4-5-9(7)11/h4-6,11H,2-3H2,1H3. The molecule has 1 aromatic rings. The first-order valence-corrected chi connectivity index (χ1v) is 4.79. The molecule has 2 heteroatoms. The second-order valence-corrected chi connectivity index (χ2v) is 3.77. The van der Waals surface area contributed by atoms with Gasteiger partial charge in [0.05, 0.1) is 0 Å². The Hall–Kier alpha value is -0.250. The van der Waals surface area contributed by atoms with Crippen molar-refractivity contribution in [3.8, 4) is 5.75 Å². The van der Waals surface area contributed by atoms with Gasteiger partial charge in [-0.05, 0) is 52.8 Å². The number of benzene rings is 1. The van der Waals surface area contributed by atoms with Gasteiger partial charge in [-0.25, -0.2) is 0 Å². The highest BCUT2D eigenvalue weighted by molar-refractivity contribution is 14.1. The van der Waals surface area contributed by atoms with Crippen LogP contribution >= 0.6 is 22.6 Å². The first-order chi connectivity index (χ1) is 5.24. The zero-order valence-electron chi connectivity index (χ0n) is 6.47. The highest BCUT2D eigenvalue weighted by Crippen LogP contribution is 2.20. The third-order valence-corrected chi connectivity index (χ3v) is 2.23. The first kappa shape index (κ1) is 8.84. The van der Waals surface area contributed by atoms with Crippen molar-refractivity contribution in [3.63, 3.8) is 0 Å². The molecular weight excluding hydrogens is 251 g/mol. The summed E-state index contributed by atoms with van der Waals surface area (Å²) in [5.41, 5.74) is 1.06. The average Bonchev–Trinajstić information content (AvgIpc) is 1.98. The van der Waals surface area contributed by atoms with E-state index in [-0.39, 0.29) is 0 Å². The van der Waals surface area contributed by atoms with Crippen molar-refractivity contribution >= 4 is 22.6 Å². The molecule has 0 heterocycles. The minimum absolute atomic E-state index is 0.423. The Morgan fingerprint density at radius 3 is 2.82 bits per heavy atom. The minimum Gasteiger partial charge on any atom is -0.508 e. The van der Waals surface area contributed by atoms with Crippen molar-refractivity contribution < 1.29 is 5.11 Å². The van der Waals surface area contributed by atoms with E-state index < -0.39 is 0 Å². The van der Waals surface area contributed by atoms with E-state index >= 15 is 0 Å². The summed E-state index contributed by atoms with van der Waals surface area (Å²) in [6, 6.07) is 5.70. The van der Waals surface area contributed by atoms with Crippen LogP contribution < -0.4 is 0 Å². The molecule has 1 aromatic carbocycles. The number of aromatic hydroxyl groups is 1. The summed E-state index contributed by atoms with van der Waals surface area (Å²) in [5, 5.41) is 9.36. The van der Waals surface area contributed by atoms with Gasteiger partial charge in [-0.3, -0.25) is 0 Å². The lowest BCUT2D eigenvalue weighted by Gasteiger charge is -2.02. The zero-order chi connectivity index (χ0) is 8.27. The van der Waals surface area contributed by atoms with Crippen LogP contribution in [0.3, 0.4) is 0 Å². The Bertz CT molecular complexity index is 245. The molecule has 1 N–H and O–H groups in total. The molecule has 0 atom stereocenters. The molecule has 0 bridgehead atoms. The summed E-state index contributed by atoms with van der Waals surface area (Å²) >= 11 is 2.25. The van der Waals surface area contributed by atoms with Crippen LogP contribution in [0.2, 0.25) is 0 Å². The monoisotopic (exact) mass is 262 g/mol. The number of hydrogen-bond donors (Lipinski definition) is 1. The highest BCUT2D eigenvalue weighted by Gasteiger charge is 1.99. The van der Waals surface area contributed by atoms with E-state index in [4.69, 9.17) is 0 Å². The fraction of sp³-hybridized carbons (Fsp3) is 0.333. The molecule has 0 unspecified atom stereocenters. The second-order valence-electron chi connectivity index (χ2n) is 2.52. The van der Waals surface area contributed by atoms with Crippen molar-refractivity contribution in [3.05, 3.63) is 27.3 Å². The molecule has 60 valence electrons. The van der Waals surface area contributed by atoms with Gasteiger partial charge in [-0.2, -0.15) is 0 Å². The van der Waals surface area contributed by atoms with E-state index in [0.29, 0.717) is 5.75 Å². The molecule has 0 amide bonds. The van der Waals surface area contributed by atoms with Gasteiger partial charge in [-0.1, -0.05) is 13.3 Å². The van der Waals surface area contributed by atoms with Crippen LogP contribution in [0.5, 0.6) is 5.75 Å². The lowest BCUT2D eigenvalue weighted by molar-refractivity contribution is 0.467. The Kier molecular flexibility index (Phi) is 3.17. The number of aryl methyl sites for hydroxylation is 1. The van der Waals surface area contributed by atoms with Crippen LogP contribution in [0, 0.1) is 3.57 Å². The average molecular weight is 262 g/mol. The number of halogens is 1. The normalized spacial score (nSPS) is 10.0. The van der Waals surface area contributed by atoms with E-state index in [1.54, 1.807) is 6.07 Å². The Labute approximate surface area is 80.6 Å². The molecule has 1 nitrogen and oxygen atoms in total. The van der Waals surface area contributed by atoms with Crippen LogP contribution in [-0.4, -0.2) is 5.11 Å². The Morgan fingerprint density at radius 1 is 1.45 bits per heavy atom. The van der Waals surface area contributed by atoms with Crippen LogP contribution in [0.1, 0.15) is 18.9 Å². The van der Waals surface area contributed by atoms with Gasteiger partial charge in [0, 0.05) is 3.57 Å². The summed E-state index contributed by atoms with van der Waals surface area (Å²) < 4.78 is 1.18. The summed E-state index contributed by atoms with van der Waals surface area (Å²) in [7, 11) is 0. The quantitative estimate of drug-likeness (QED) is 0.812. The van der Waals surface area contributed by atoms with Crippen molar-refractivity contribution in [2.45, 2.75) is 19.8 Å². The molecule has 1 rings (SSSR count). The third-order valence-electron chi connectivity index (χ3n) is 1.56. The second kappa shape index (κ2) is 3.95. The van der Waals surface area contributed by atoms with Crippen LogP contribution in [-0.2, 0) is 6.42 Å². The maximum Gasteiger partial charge on any atom is 0.118 e. The largest absolute Gasteiger partial charge is 0.508 e. The topological polar surface area (TPSA) is 20.2 Å². The van der Waals surface area contributed by atoms with Gasteiger partial charge in [0.15, 0.2) is 0 Å². The van der Waals surface area contributed by atoms with Gasteiger partial charge >= 0.3 is 0 Å². The lowest BCUT2D eigenvalue weighted by atomic mass is 10.1. The maximum absolute atomic E-state index is 9.36. The Morgan fingerprint density at radius 2 is 2.18 bits per heavy atom. The molecule has 0 aliphatic heterocycles. The van der Waals surface area contributed by atoms with Gasteiger partial charge in [-0.15, -0.1) is 0 Å². The van der Waals surface area contributed by atoms with Crippen molar-refractivity contribution in [2.24, 2.45) is 0 Å². The molecule has 0 saturated carbocycles. The number of rotatable bonds is 2. The SMILES string of the molecule is CCCc1cc(I)ccc1O. The molecule has 0 aliphatic rings. The van der Waals surface area contributed by atoms with E-state index in [1.165, 1.54) is 3.57 Å². The third kappa shape index (κ3) is 2.36. The number of phenolic OH excluding ortho intramolecular Hbond substituents is 1. The summed E-state index contributed by atoms with van der Waals surface area (Å²) in [5.74, 6) is 0.423.